The van der Waals surface area contributed by atoms with Crippen LogP contribution in [-0.2, 0) is 9.53 Å². The Labute approximate surface area is 106 Å². The molecule has 0 bridgehead atoms. The zero-order valence-corrected chi connectivity index (χ0v) is 11.2. The molecule has 0 unspecified atom stereocenters. The molecule has 1 N–H and O–H groups in total. The lowest BCUT2D eigenvalue weighted by Gasteiger charge is -2.04. The molecule has 0 rings (SSSR count). The van der Waals surface area contributed by atoms with Crippen molar-refractivity contribution in [3.63, 3.8) is 0 Å². The number of rotatable bonds is 12. The van der Waals surface area contributed by atoms with Crippen molar-refractivity contribution in [2.45, 2.75) is 71.1 Å². The van der Waals surface area contributed by atoms with E-state index in [2.05, 4.69) is 6.92 Å². The third-order valence-electron chi connectivity index (χ3n) is 2.80. The number of ether oxygens (including phenoxy) is 1. The van der Waals surface area contributed by atoms with E-state index in [-0.39, 0.29) is 12.6 Å². The Bertz CT molecular complexity index is 169. The molecule has 0 heterocycles. The molecule has 3 nitrogen and oxygen atoms in total. The maximum atomic E-state index is 11.3. The molecule has 0 saturated carbocycles. The monoisotopic (exact) mass is 244 g/mol. The summed E-state index contributed by atoms with van der Waals surface area (Å²) in [5.74, 6) is -0.0522. The fraction of sp³-hybridized carbons (Fsp3) is 0.929. The van der Waals surface area contributed by atoms with Crippen LogP contribution in [0.1, 0.15) is 71.1 Å². The summed E-state index contributed by atoms with van der Waals surface area (Å²) in [6, 6.07) is 0. The molecule has 0 aliphatic carbocycles. The number of aliphatic hydroxyl groups is 1. The summed E-state index contributed by atoms with van der Waals surface area (Å²) in [7, 11) is 0. The molecule has 0 aliphatic heterocycles. The van der Waals surface area contributed by atoms with Crippen LogP contribution in [0.5, 0.6) is 0 Å². The number of carbonyl (C=O) groups is 1. The minimum atomic E-state index is -0.0522. The van der Waals surface area contributed by atoms with Crippen molar-refractivity contribution < 1.29 is 14.6 Å². The van der Waals surface area contributed by atoms with Crippen LogP contribution in [0.4, 0.5) is 0 Å². The molecule has 0 amide bonds. The molecule has 0 fully saturated rings. The van der Waals surface area contributed by atoms with Crippen LogP contribution >= 0.6 is 0 Å². The minimum absolute atomic E-state index is 0.0522. The first kappa shape index (κ1) is 16.4. The van der Waals surface area contributed by atoms with Gasteiger partial charge in [0, 0.05) is 13.0 Å². The fourth-order valence-electron chi connectivity index (χ4n) is 1.70. The second-order valence-corrected chi connectivity index (χ2v) is 4.52. The molecule has 0 aromatic heterocycles. The Kier molecular flexibility index (Phi) is 13.0. The van der Waals surface area contributed by atoms with Crippen LogP contribution in [0.25, 0.3) is 0 Å². The highest BCUT2D eigenvalue weighted by Crippen LogP contribution is 2.06. The molecular formula is C14H28O3. The topological polar surface area (TPSA) is 46.5 Å². The van der Waals surface area contributed by atoms with Crippen molar-refractivity contribution in [2.24, 2.45) is 0 Å². The Morgan fingerprint density at radius 3 is 2.29 bits per heavy atom. The molecule has 0 aromatic carbocycles. The zero-order chi connectivity index (χ0) is 12.8. The fourth-order valence-corrected chi connectivity index (χ4v) is 1.70. The molecule has 0 aliphatic rings. The third-order valence-corrected chi connectivity index (χ3v) is 2.80. The molecule has 17 heavy (non-hydrogen) atoms. The van der Waals surface area contributed by atoms with E-state index in [1.54, 1.807) is 0 Å². The summed E-state index contributed by atoms with van der Waals surface area (Å²) in [5.41, 5.74) is 0. The average molecular weight is 244 g/mol. The maximum absolute atomic E-state index is 11.3. The number of hydrogen-bond donors (Lipinski definition) is 1. The number of esters is 1. The van der Waals surface area contributed by atoms with Gasteiger partial charge >= 0.3 is 5.97 Å². The predicted molar refractivity (Wildman–Crippen MR) is 69.9 cm³/mol. The van der Waals surface area contributed by atoms with Gasteiger partial charge in [-0.3, -0.25) is 4.79 Å². The first-order valence-electron chi connectivity index (χ1n) is 7.07. The van der Waals surface area contributed by atoms with Gasteiger partial charge in [0.15, 0.2) is 0 Å². The first-order valence-corrected chi connectivity index (χ1v) is 7.07. The second-order valence-electron chi connectivity index (χ2n) is 4.52. The van der Waals surface area contributed by atoms with Crippen molar-refractivity contribution in [3.05, 3.63) is 0 Å². The van der Waals surface area contributed by atoms with Gasteiger partial charge in [0.2, 0.25) is 0 Å². The van der Waals surface area contributed by atoms with Gasteiger partial charge in [-0.05, 0) is 25.7 Å². The lowest BCUT2D eigenvalue weighted by Crippen LogP contribution is -2.05. The van der Waals surface area contributed by atoms with Crippen molar-refractivity contribution in [1.82, 2.24) is 0 Å². The molecular weight excluding hydrogens is 216 g/mol. The van der Waals surface area contributed by atoms with Crippen LogP contribution < -0.4 is 0 Å². The van der Waals surface area contributed by atoms with Gasteiger partial charge in [0.05, 0.1) is 6.61 Å². The van der Waals surface area contributed by atoms with Crippen LogP contribution in [0.2, 0.25) is 0 Å². The van der Waals surface area contributed by atoms with Gasteiger partial charge < -0.3 is 9.84 Å². The lowest BCUT2D eigenvalue weighted by molar-refractivity contribution is -0.143. The summed E-state index contributed by atoms with van der Waals surface area (Å²) >= 11 is 0. The molecule has 3 heteroatoms. The average Bonchev–Trinajstić information content (AvgIpc) is 2.33. The maximum Gasteiger partial charge on any atom is 0.305 e. The molecule has 0 aromatic rings. The van der Waals surface area contributed by atoms with E-state index in [0.29, 0.717) is 13.0 Å². The summed E-state index contributed by atoms with van der Waals surface area (Å²) in [5, 5.41) is 8.58. The normalized spacial score (nSPS) is 10.5. The standard InChI is InChI=1S/C14H28O3/c1-2-3-4-5-8-11-14(16)17-13-10-7-6-9-12-15/h15H,2-13H2,1H3. The largest absolute Gasteiger partial charge is 0.466 e. The highest BCUT2D eigenvalue weighted by molar-refractivity contribution is 5.69. The van der Waals surface area contributed by atoms with Crippen LogP contribution in [0, 0.1) is 0 Å². The summed E-state index contributed by atoms with van der Waals surface area (Å²) < 4.78 is 5.13. The summed E-state index contributed by atoms with van der Waals surface area (Å²) in [6.45, 7) is 2.99. The summed E-state index contributed by atoms with van der Waals surface area (Å²) in [6.07, 6.45) is 10.2. The molecule has 102 valence electrons. The zero-order valence-electron chi connectivity index (χ0n) is 11.2. The van der Waals surface area contributed by atoms with E-state index < -0.39 is 0 Å². The molecule has 0 saturated heterocycles. The van der Waals surface area contributed by atoms with Crippen LogP contribution in [0.3, 0.4) is 0 Å². The molecule has 0 atom stereocenters. The predicted octanol–water partition coefficient (Wildman–Crippen LogP) is 3.44. The van der Waals surface area contributed by atoms with E-state index in [1.807, 2.05) is 0 Å². The number of hydrogen-bond acceptors (Lipinski definition) is 3. The minimum Gasteiger partial charge on any atom is -0.466 e. The SMILES string of the molecule is CCCCCCCC(=O)OCCCCCCO. The van der Waals surface area contributed by atoms with Gasteiger partial charge in [0.25, 0.3) is 0 Å². The van der Waals surface area contributed by atoms with E-state index in [4.69, 9.17) is 9.84 Å². The number of aliphatic hydroxyl groups excluding tert-OH is 1. The van der Waals surface area contributed by atoms with Crippen molar-refractivity contribution in [3.8, 4) is 0 Å². The highest BCUT2D eigenvalue weighted by Gasteiger charge is 2.01. The summed E-state index contributed by atoms with van der Waals surface area (Å²) in [4.78, 5) is 11.3. The van der Waals surface area contributed by atoms with Crippen LogP contribution in [0.15, 0.2) is 0 Å². The van der Waals surface area contributed by atoms with Gasteiger partial charge in [-0.15, -0.1) is 0 Å². The van der Waals surface area contributed by atoms with Crippen molar-refractivity contribution in [2.75, 3.05) is 13.2 Å². The number of unbranched alkanes of at least 4 members (excludes halogenated alkanes) is 7. The quantitative estimate of drug-likeness (QED) is 0.422. The van der Waals surface area contributed by atoms with Gasteiger partial charge in [0.1, 0.15) is 0 Å². The Morgan fingerprint density at radius 1 is 0.941 bits per heavy atom. The Balaban J connectivity index is 3.12. The van der Waals surface area contributed by atoms with Gasteiger partial charge in [-0.2, -0.15) is 0 Å². The van der Waals surface area contributed by atoms with E-state index in [0.717, 1.165) is 38.5 Å². The Morgan fingerprint density at radius 2 is 1.59 bits per heavy atom. The Hall–Kier alpha value is -0.570. The lowest BCUT2D eigenvalue weighted by atomic mass is 10.1. The van der Waals surface area contributed by atoms with Crippen molar-refractivity contribution in [1.29, 1.82) is 0 Å². The van der Waals surface area contributed by atoms with Crippen molar-refractivity contribution >= 4 is 5.97 Å². The van der Waals surface area contributed by atoms with E-state index in [9.17, 15) is 4.79 Å². The van der Waals surface area contributed by atoms with Crippen LogP contribution in [-0.4, -0.2) is 24.3 Å². The second kappa shape index (κ2) is 13.5. The third kappa shape index (κ3) is 13.4. The highest BCUT2D eigenvalue weighted by atomic mass is 16.5. The number of carbonyl (C=O) groups excluding carboxylic acids is 1. The first-order chi connectivity index (χ1) is 8.31. The molecule has 0 radical (unpaired) electrons. The smallest absolute Gasteiger partial charge is 0.305 e. The van der Waals surface area contributed by atoms with Gasteiger partial charge in [-0.1, -0.05) is 39.0 Å². The van der Waals surface area contributed by atoms with E-state index >= 15 is 0 Å². The van der Waals surface area contributed by atoms with E-state index in [1.165, 1.54) is 19.3 Å². The molecule has 0 spiro atoms. The van der Waals surface area contributed by atoms with Gasteiger partial charge in [-0.25, -0.2) is 0 Å².